The van der Waals surface area contributed by atoms with Gasteiger partial charge in [0.1, 0.15) is 23.8 Å². The van der Waals surface area contributed by atoms with Gasteiger partial charge in [-0.3, -0.25) is 9.89 Å². The van der Waals surface area contributed by atoms with Crippen molar-refractivity contribution in [2.45, 2.75) is 33.3 Å². The van der Waals surface area contributed by atoms with Crippen LogP contribution in [0.3, 0.4) is 0 Å². The molecule has 4 rings (SSSR count). The predicted molar refractivity (Wildman–Crippen MR) is 141 cm³/mol. The summed E-state index contributed by atoms with van der Waals surface area (Å²) >= 11 is 0. The number of carbonyl (C=O) groups is 1. The minimum absolute atomic E-state index is 0.321. The fraction of sp³-hybridized carbons (Fsp3) is 0.207. The minimum atomic E-state index is -0.373. The van der Waals surface area contributed by atoms with Crippen LogP contribution in [0.25, 0.3) is 11.3 Å². The molecule has 184 valence electrons. The van der Waals surface area contributed by atoms with E-state index in [1.165, 1.54) is 5.56 Å². The number of nitrogens with zero attached hydrogens (tertiary/aromatic N) is 2. The zero-order valence-electron chi connectivity index (χ0n) is 20.5. The maximum atomic E-state index is 12.4. The molecule has 0 radical (unpaired) electrons. The van der Waals surface area contributed by atoms with Crippen LogP contribution in [0.5, 0.6) is 11.5 Å². The molecule has 0 bridgehead atoms. The molecule has 1 heterocycles. The molecule has 4 aromatic rings. The van der Waals surface area contributed by atoms with Gasteiger partial charge in [0, 0.05) is 5.56 Å². The number of amides is 1. The molecule has 0 aliphatic carbocycles. The lowest BCUT2D eigenvalue weighted by Crippen LogP contribution is -2.17. The number of nitrogens with one attached hydrogen (secondary N) is 2. The van der Waals surface area contributed by atoms with Crippen LogP contribution in [0, 0.1) is 6.92 Å². The van der Waals surface area contributed by atoms with Gasteiger partial charge < -0.3 is 9.47 Å². The number of hydrogen-bond donors (Lipinski definition) is 2. The Labute approximate surface area is 211 Å². The van der Waals surface area contributed by atoms with Crippen LogP contribution >= 0.6 is 0 Å². The summed E-state index contributed by atoms with van der Waals surface area (Å²) in [5, 5.41) is 11.1. The molecule has 7 heteroatoms. The molecule has 1 amide bonds. The first-order chi connectivity index (χ1) is 17.6. The first-order valence-electron chi connectivity index (χ1n) is 12.0. The molecule has 0 atom stereocenters. The molecule has 0 saturated heterocycles. The molecular weight excluding hydrogens is 452 g/mol. The third kappa shape index (κ3) is 7.06. The number of hydrazone groups is 1. The molecule has 0 aliphatic heterocycles. The number of carbonyl (C=O) groups excluding carboxylic acids is 1. The Morgan fingerprint density at radius 3 is 2.39 bits per heavy atom. The van der Waals surface area contributed by atoms with Crippen molar-refractivity contribution in [3.05, 3.63) is 101 Å². The van der Waals surface area contributed by atoms with E-state index in [9.17, 15) is 4.79 Å². The zero-order chi connectivity index (χ0) is 25.2. The molecule has 3 aromatic carbocycles. The number of benzene rings is 3. The van der Waals surface area contributed by atoms with Crippen molar-refractivity contribution in [2.75, 3.05) is 6.61 Å². The van der Waals surface area contributed by atoms with E-state index in [1.54, 1.807) is 12.3 Å². The molecule has 0 unspecified atom stereocenters. The Hall–Kier alpha value is -4.39. The Balaban J connectivity index is 1.27. The van der Waals surface area contributed by atoms with Gasteiger partial charge in [-0.25, -0.2) is 5.43 Å². The van der Waals surface area contributed by atoms with Crippen LogP contribution in [0.2, 0.25) is 0 Å². The van der Waals surface area contributed by atoms with Gasteiger partial charge in [0.05, 0.1) is 18.5 Å². The van der Waals surface area contributed by atoms with Crippen LogP contribution in [0.1, 0.15) is 46.9 Å². The van der Waals surface area contributed by atoms with Gasteiger partial charge in [-0.15, -0.1) is 0 Å². The van der Waals surface area contributed by atoms with E-state index in [1.807, 2.05) is 48.5 Å². The topological polar surface area (TPSA) is 88.6 Å². The molecule has 36 heavy (non-hydrogen) atoms. The van der Waals surface area contributed by atoms with Gasteiger partial charge in [-0.2, -0.15) is 10.2 Å². The SMILES string of the molecule is CCCCOc1ccc(C=NNC(=O)c2cc(-c3ccc(OCc4ccc(C)cc4)cc3)n[nH]2)cc1. The van der Waals surface area contributed by atoms with E-state index in [2.05, 4.69) is 58.8 Å². The highest BCUT2D eigenvalue weighted by Gasteiger charge is 2.10. The predicted octanol–water partition coefficient (Wildman–Crippen LogP) is 5.91. The summed E-state index contributed by atoms with van der Waals surface area (Å²) in [6.45, 7) is 5.40. The highest BCUT2D eigenvalue weighted by molar-refractivity contribution is 5.94. The quantitative estimate of drug-likeness (QED) is 0.158. The van der Waals surface area contributed by atoms with Crippen LogP contribution < -0.4 is 14.9 Å². The van der Waals surface area contributed by atoms with Crippen molar-refractivity contribution in [1.29, 1.82) is 0 Å². The fourth-order valence-electron chi connectivity index (χ4n) is 3.37. The van der Waals surface area contributed by atoms with E-state index >= 15 is 0 Å². The summed E-state index contributed by atoms with van der Waals surface area (Å²) in [5.41, 5.74) is 7.57. The standard InChI is InChI=1S/C29H30N4O3/c1-3-4-17-35-25-13-9-22(10-14-25)19-30-33-29(34)28-18-27(31-32-28)24-11-15-26(16-12-24)36-20-23-7-5-21(2)6-8-23/h5-16,18-19H,3-4,17,20H2,1-2H3,(H,31,32)(H,33,34). The number of H-pyrrole nitrogens is 1. The molecule has 7 nitrogen and oxygen atoms in total. The number of rotatable bonds is 11. The number of unbranched alkanes of at least 4 members (excludes halogenated alkanes) is 1. The second-order valence-electron chi connectivity index (χ2n) is 8.44. The highest BCUT2D eigenvalue weighted by atomic mass is 16.5. The normalized spacial score (nSPS) is 10.9. The number of aromatic amines is 1. The van der Waals surface area contributed by atoms with E-state index in [4.69, 9.17) is 9.47 Å². The number of aryl methyl sites for hydroxylation is 1. The molecule has 0 fully saturated rings. The summed E-state index contributed by atoms with van der Waals surface area (Å²) in [4.78, 5) is 12.4. The lowest BCUT2D eigenvalue weighted by molar-refractivity contribution is 0.0950. The molecule has 0 saturated carbocycles. The third-order valence-electron chi connectivity index (χ3n) is 5.53. The maximum Gasteiger partial charge on any atom is 0.289 e. The van der Waals surface area contributed by atoms with E-state index < -0.39 is 0 Å². The van der Waals surface area contributed by atoms with Gasteiger partial charge >= 0.3 is 0 Å². The summed E-state index contributed by atoms with van der Waals surface area (Å²) < 4.78 is 11.5. The van der Waals surface area contributed by atoms with Gasteiger partial charge in [0.25, 0.3) is 5.91 Å². The largest absolute Gasteiger partial charge is 0.494 e. The second-order valence-corrected chi connectivity index (χ2v) is 8.44. The second kappa shape index (κ2) is 12.4. The zero-order valence-corrected chi connectivity index (χ0v) is 20.5. The van der Waals surface area contributed by atoms with Crippen LogP contribution in [-0.2, 0) is 6.61 Å². The Bertz CT molecular complexity index is 1280. The Kier molecular flexibility index (Phi) is 8.48. The average Bonchev–Trinajstić information content (AvgIpc) is 3.40. The fourth-order valence-corrected chi connectivity index (χ4v) is 3.37. The van der Waals surface area contributed by atoms with Crippen molar-refractivity contribution in [1.82, 2.24) is 15.6 Å². The summed E-state index contributed by atoms with van der Waals surface area (Å²) in [6, 6.07) is 25.1. The Morgan fingerprint density at radius 1 is 0.972 bits per heavy atom. The van der Waals surface area contributed by atoms with E-state index in [0.29, 0.717) is 24.6 Å². The molecule has 0 aliphatic rings. The van der Waals surface area contributed by atoms with Crippen molar-refractivity contribution in [3.8, 4) is 22.8 Å². The van der Waals surface area contributed by atoms with Crippen molar-refractivity contribution in [3.63, 3.8) is 0 Å². The van der Waals surface area contributed by atoms with Gasteiger partial charge in [0.15, 0.2) is 0 Å². The Morgan fingerprint density at radius 2 is 1.67 bits per heavy atom. The van der Waals surface area contributed by atoms with Crippen LogP contribution in [0.4, 0.5) is 0 Å². The monoisotopic (exact) mass is 482 g/mol. The smallest absolute Gasteiger partial charge is 0.289 e. The number of aromatic nitrogens is 2. The summed E-state index contributed by atoms with van der Waals surface area (Å²) in [6.07, 6.45) is 3.71. The molecule has 1 aromatic heterocycles. The minimum Gasteiger partial charge on any atom is -0.494 e. The third-order valence-corrected chi connectivity index (χ3v) is 5.53. The van der Waals surface area contributed by atoms with Gasteiger partial charge in [0.2, 0.25) is 0 Å². The number of ether oxygens (including phenoxy) is 2. The van der Waals surface area contributed by atoms with Crippen molar-refractivity contribution in [2.24, 2.45) is 5.10 Å². The first-order valence-corrected chi connectivity index (χ1v) is 12.0. The van der Waals surface area contributed by atoms with E-state index in [-0.39, 0.29) is 5.91 Å². The highest BCUT2D eigenvalue weighted by Crippen LogP contribution is 2.22. The van der Waals surface area contributed by atoms with Gasteiger partial charge in [-0.05, 0) is 79.1 Å². The summed E-state index contributed by atoms with van der Waals surface area (Å²) in [5.74, 6) is 1.21. The van der Waals surface area contributed by atoms with E-state index in [0.717, 1.165) is 41.0 Å². The van der Waals surface area contributed by atoms with Crippen molar-refractivity contribution >= 4 is 12.1 Å². The molecule has 0 spiro atoms. The number of hydrogen-bond acceptors (Lipinski definition) is 5. The lowest BCUT2D eigenvalue weighted by Gasteiger charge is -2.07. The maximum absolute atomic E-state index is 12.4. The van der Waals surface area contributed by atoms with Gasteiger partial charge in [-0.1, -0.05) is 43.2 Å². The van der Waals surface area contributed by atoms with Crippen LogP contribution in [0.15, 0.2) is 84.0 Å². The lowest BCUT2D eigenvalue weighted by atomic mass is 10.1. The molecule has 2 N–H and O–H groups in total. The van der Waals surface area contributed by atoms with Crippen LogP contribution in [-0.4, -0.2) is 28.9 Å². The molecular formula is C29H30N4O3. The average molecular weight is 483 g/mol. The summed E-state index contributed by atoms with van der Waals surface area (Å²) in [7, 11) is 0. The van der Waals surface area contributed by atoms with Crippen molar-refractivity contribution < 1.29 is 14.3 Å². The first kappa shape index (κ1) is 24.7.